The molecule has 0 aromatic heterocycles. The first-order chi connectivity index (χ1) is 8.67. The van der Waals surface area contributed by atoms with Gasteiger partial charge in [-0.1, -0.05) is 20.8 Å². The highest BCUT2D eigenvalue weighted by Gasteiger charge is 1.99. The zero-order valence-electron chi connectivity index (χ0n) is 11.4. The summed E-state index contributed by atoms with van der Waals surface area (Å²) in [4.78, 5) is 19.5. The van der Waals surface area contributed by atoms with Crippen molar-refractivity contribution in [3.05, 3.63) is 0 Å². The van der Waals surface area contributed by atoms with Crippen molar-refractivity contribution in [2.24, 2.45) is 0 Å². The average Bonchev–Trinajstić information content (AvgIpc) is 2.15. The van der Waals surface area contributed by atoms with E-state index in [1.807, 2.05) is 6.92 Å². The highest BCUT2D eigenvalue weighted by Crippen LogP contribution is 1.97. The van der Waals surface area contributed by atoms with Gasteiger partial charge in [-0.2, -0.15) is 25.3 Å². The number of carboxylic acids is 2. The summed E-state index contributed by atoms with van der Waals surface area (Å²) in [7, 11) is 0. The molecule has 5 nitrogen and oxygen atoms in total. The van der Waals surface area contributed by atoms with Gasteiger partial charge in [0.05, 0.1) is 12.8 Å². The third-order valence-electron chi connectivity index (χ3n) is 1.24. The molecule has 0 aliphatic heterocycles. The number of carbonyl (C=O) groups is 2. The van der Waals surface area contributed by atoms with Crippen molar-refractivity contribution in [1.29, 1.82) is 0 Å². The fourth-order valence-electron chi connectivity index (χ4n) is 0.597. The Morgan fingerprint density at radius 3 is 1.37 bits per heavy atom. The van der Waals surface area contributed by atoms with E-state index in [2.05, 4.69) is 25.3 Å². The van der Waals surface area contributed by atoms with Crippen molar-refractivity contribution < 1.29 is 24.4 Å². The van der Waals surface area contributed by atoms with Crippen molar-refractivity contribution in [1.82, 2.24) is 0 Å². The highest BCUT2D eigenvalue weighted by molar-refractivity contribution is 7.93. The Balaban J connectivity index is -0.000000206. The van der Waals surface area contributed by atoms with Crippen LogP contribution in [-0.2, 0) is 9.59 Å². The van der Waals surface area contributed by atoms with Gasteiger partial charge in [-0.05, 0) is 18.5 Å². The highest BCUT2D eigenvalue weighted by atomic mass is 32.2. The van der Waals surface area contributed by atoms with Crippen LogP contribution < -0.4 is 0 Å². The Morgan fingerprint density at radius 1 is 1.05 bits per heavy atom. The van der Waals surface area contributed by atoms with Crippen molar-refractivity contribution in [3.8, 4) is 0 Å². The molecule has 0 aromatic carbocycles. The van der Waals surface area contributed by atoms with Crippen LogP contribution in [-0.4, -0.2) is 43.0 Å². The van der Waals surface area contributed by atoms with E-state index in [9.17, 15) is 9.59 Å². The van der Waals surface area contributed by atoms with Crippen LogP contribution >= 0.6 is 37.3 Å². The van der Waals surface area contributed by atoms with Crippen LogP contribution in [0.4, 0.5) is 0 Å². The lowest BCUT2D eigenvalue weighted by molar-refractivity contribution is -0.137. The molecule has 8 heteroatoms. The molecule has 3 N–H and O–H groups in total. The van der Waals surface area contributed by atoms with Gasteiger partial charge >= 0.3 is 11.9 Å². The molecule has 0 aliphatic rings. The summed E-state index contributed by atoms with van der Waals surface area (Å²) in [6, 6.07) is 0. The van der Waals surface area contributed by atoms with E-state index in [0.717, 1.165) is 24.2 Å². The number of carboxylic acid groups (broad SMARTS) is 2. The van der Waals surface area contributed by atoms with Crippen LogP contribution in [0.3, 0.4) is 0 Å². The standard InChI is InChI=1S/2C4H8O2S.C3H8OS/c2*1-3(7)2-4(5)6;1-2-3-5-4/h2*3,7H,2H2,1H3,(H,5,6);4H,2-3H2,1H3. The predicted octanol–water partition coefficient (Wildman–Crippen LogP) is 3.16. The molecular weight excluding hydrogens is 308 g/mol. The average molecular weight is 333 g/mol. The summed E-state index contributed by atoms with van der Waals surface area (Å²) in [6.07, 6.45) is 1.34. The zero-order valence-corrected chi connectivity index (χ0v) is 14.0. The first-order valence-electron chi connectivity index (χ1n) is 5.73. The lowest BCUT2D eigenvalue weighted by Gasteiger charge is -1.93. The quantitative estimate of drug-likeness (QED) is 0.379. The minimum Gasteiger partial charge on any atom is -0.481 e. The number of rotatable bonds is 6. The van der Waals surface area contributed by atoms with Crippen molar-refractivity contribution in [2.75, 3.05) is 5.75 Å². The molecule has 0 saturated heterocycles. The molecule has 0 bridgehead atoms. The minimum atomic E-state index is -0.789. The minimum absolute atomic E-state index is 0.0301. The molecule has 0 spiro atoms. The summed E-state index contributed by atoms with van der Waals surface area (Å²) in [5.74, 6) is -0.718. The Morgan fingerprint density at radius 2 is 1.37 bits per heavy atom. The SMILES string of the molecule is CC(S)CC(=O)O.CC(S)CC(=O)O.CCCSO. The first kappa shape index (κ1) is 24.0. The molecule has 19 heavy (non-hydrogen) atoms. The van der Waals surface area contributed by atoms with Gasteiger partial charge in [0, 0.05) is 16.3 Å². The van der Waals surface area contributed by atoms with Gasteiger partial charge in [-0.15, -0.1) is 0 Å². The van der Waals surface area contributed by atoms with Crippen LogP contribution in [0.5, 0.6) is 0 Å². The van der Waals surface area contributed by atoms with E-state index in [-0.39, 0.29) is 23.3 Å². The van der Waals surface area contributed by atoms with E-state index in [1.165, 1.54) is 0 Å². The Hall–Kier alpha value is -0.0500. The largest absolute Gasteiger partial charge is 0.481 e. The van der Waals surface area contributed by atoms with Gasteiger partial charge in [-0.25, -0.2) is 0 Å². The van der Waals surface area contributed by atoms with E-state index in [4.69, 9.17) is 14.8 Å². The molecule has 0 aliphatic carbocycles. The second kappa shape index (κ2) is 17.9. The number of hydrogen-bond donors (Lipinski definition) is 5. The maximum absolute atomic E-state index is 9.76. The summed E-state index contributed by atoms with van der Waals surface area (Å²) < 4.78 is 7.98. The van der Waals surface area contributed by atoms with Crippen LogP contribution in [0, 0.1) is 0 Å². The van der Waals surface area contributed by atoms with Gasteiger partial charge < -0.3 is 14.8 Å². The third kappa shape index (κ3) is 46.1. The monoisotopic (exact) mass is 332 g/mol. The van der Waals surface area contributed by atoms with Crippen molar-refractivity contribution in [2.45, 2.75) is 50.5 Å². The van der Waals surface area contributed by atoms with E-state index < -0.39 is 11.9 Å². The maximum atomic E-state index is 9.76. The van der Waals surface area contributed by atoms with Gasteiger partial charge in [0.1, 0.15) is 0 Å². The smallest absolute Gasteiger partial charge is 0.304 e. The molecule has 0 amide bonds. The summed E-state index contributed by atoms with van der Waals surface area (Å²) in [5, 5.41) is 16.0. The lowest BCUT2D eigenvalue weighted by atomic mass is 10.3. The fraction of sp³-hybridized carbons (Fsp3) is 0.818. The van der Waals surface area contributed by atoms with Crippen LogP contribution in [0.1, 0.15) is 40.0 Å². The third-order valence-corrected chi connectivity index (χ3v) is 2.19. The molecule has 0 saturated carbocycles. The first-order valence-corrected chi connectivity index (χ1v) is 7.70. The topological polar surface area (TPSA) is 94.8 Å². The van der Waals surface area contributed by atoms with Crippen LogP contribution in [0.25, 0.3) is 0 Å². The number of thiol groups is 2. The summed E-state index contributed by atoms with van der Waals surface area (Å²) in [5.41, 5.74) is 0. The number of aliphatic carboxylic acids is 2. The van der Waals surface area contributed by atoms with E-state index in [1.54, 1.807) is 13.8 Å². The van der Waals surface area contributed by atoms with Gasteiger partial charge in [0.2, 0.25) is 0 Å². The molecule has 0 radical (unpaired) electrons. The molecule has 0 aromatic rings. The molecule has 2 atom stereocenters. The molecule has 0 heterocycles. The summed E-state index contributed by atoms with van der Waals surface area (Å²) >= 11 is 8.61. The molecule has 0 rings (SSSR count). The van der Waals surface area contributed by atoms with Crippen LogP contribution in [0.2, 0.25) is 0 Å². The van der Waals surface area contributed by atoms with E-state index in [0.29, 0.717) is 0 Å². The zero-order chi connectivity index (χ0) is 15.8. The maximum Gasteiger partial charge on any atom is 0.304 e. The van der Waals surface area contributed by atoms with Gasteiger partial charge in [-0.3, -0.25) is 9.59 Å². The summed E-state index contributed by atoms with van der Waals surface area (Å²) in [6.45, 7) is 5.53. The Kier molecular flexibility index (Phi) is 22.7. The predicted molar refractivity (Wildman–Crippen MR) is 86.8 cm³/mol. The number of hydrogen-bond acceptors (Lipinski definition) is 6. The van der Waals surface area contributed by atoms with Gasteiger partial charge in [0.15, 0.2) is 0 Å². The molecule has 0 fully saturated rings. The fourth-order valence-corrected chi connectivity index (χ4v) is 1.09. The molecule has 116 valence electrons. The second-order valence-corrected chi connectivity index (χ2v) is 6.16. The van der Waals surface area contributed by atoms with Crippen molar-refractivity contribution >= 4 is 49.2 Å². The van der Waals surface area contributed by atoms with Crippen LogP contribution in [0.15, 0.2) is 0 Å². The Bertz CT molecular complexity index is 200. The molecular formula is C11H24O5S3. The lowest BCUT2D eigenvalue weighted by Crippen LogP contribution is -2.01. The van der Waals surface area contributed by atoms with E-state index >= 15 is 0 Å². The second-order valence-electron chi connectivity index (χ2n) is 3.73. The molecule has 2 unspecified atom stereocenters. The van der Waals surface area contributed by atoms with Crippen molar-refractivity contribution in [3.63, 3.8) is 0 Å². The van der Waals surface area contributed by atoms with Gasteiger partial charge in [0.25, 0.3) is 0 Å². The normalized spacial score (nSPS) is 12.1. The Labute approximate surface area is 130 Å².